The number of carbonyl (C=O) groups excluding carboxylic acids is 1. The Labute approximate surface area is 150 Å². The summed E-state index contributed by atoms with van der Waals surface area (Å²) in [6.45, 7) is 4.58. The molecule has 0 bridgehead atoms. The smallest absolute Gasteiger partial charge is 0.227 e. The summed E-state index contributed by atoms with van der Waals surface area (Å²) in [5.74, 6) is -0.0214. The topological polar surface area (TPSA) is 76.2 Å². The standard InChI is InChI=1S/C17H30N2O5S/c1-2-12-25(21,22)18-8-5-6-14(13-18)16(20)19-9-4-3-7-15(19)17-23-10-11-24-17/h14-15,17H,2-13H2,1H3. The second kappa shape index (κ2) is 8.33. The second-order valence-corrected chi connectivity index (χ2v) is 9.31. The molecule has 0 aliphatic carbocycles. The maximum Gasteiger partial charge on any atom is 0.227 e. The van der Waals surface area contributed by atoms with Gasteiger partial charge in [0.25, 0.3) is 0 Å². The Balaban J connectivity index is 1.68. The minimum absolute atomic E-state index is 0.0358. The lowest BCUT2D eigenvalue weighted by Gasteiger charge is -2.41. The minimum atomic E-state index is -3.25. The number of ether oxygens (including phenoxy) is 2. The van der Waals surface area contributed by atoms with Crippen molar-refractivity contribution in [3.05, 3.63) is 0 Å². The van der Waals surface area contributed by atoms with E-state index in [9.17, 15) is 13.2 Å². The SMILES string of the molecule is CCCS(=O)(=O)N1CCCC(C(=O)N2CCCCC2C2OCCO2)C1. The average molecular weight is 375 g/mol. The summed E-state index contributed by atoms with van der Waals surface area (Å²) < 4.78 is 37.5. The van der Waals surface area contributed by atoms with Crippen LogP contribution in [-0.2, 0) is 24.3 Å². The van der Waals surface area contributed by atoms with Crippen molar-refractivity contribution in [3.63, 3.8) is 0 Å². The molecular formula is C17H30N2O5S. The van der Waals surface area contributed by atoms with Crippen LogP contribution < -0.4 is 0 Å². The largest absolute Gasteiger partial charge is 0.348 e. The van der Waals surface area contributed by atoms with Crippen LogP contribution in [0.15, 0.2) is 0 Å². The molecule has 3 fully saturated rings. The lowest BCUT2D eigenvalue weighted by Crippen LogP contribution is -2.54. The van der Waals surface area contributed by atoms with Crippen molar-refractivity contribution >= 4 is 15.9 Å². The summed E-state index contributed by atoms with van der Waals surface area (Å²) in [5.41, 5.74) is 0. The summed E-state index contributed by atoms with van der Waals surface area (Å²) in [4.78, 5) is 15.0. The number of amides is 1. The number of likely N-dealkylation sites (tertiary alicyclic amines) is 1. The number of hydrogen-bond donors (Lipinski definition) is 0. The molecule has 0 saturated carbocycles. The maximum absolute atomic E-state index is 13.1. The van der Waals surface area contributed by atoms with Crippen LogP contribution in [0.1, 0.15) is 45.4 Å². The molecule has 25 heavy (non-hydrogen) atoms. The van der Waals surface area contributed by atoms with Gasteiger partial charge in [0.1, 0.15) is 0 Å². The number of carbonyl (C=O) groups is 1. The van der Waals surface area contributed by atoms with Crippen molar-refractivity contribution in [1.29, 1.82) is 0 Å². The normalized spacial score (nSPS) is 29.9. The molecule has 0 aromatic rings. The van der Waals surface area contributed by atoms with Gasteiger partial charge in [-0.25, -0.2) is 12.7 Å². The molecule has 8 heteroatoms. The van der Waals surface area contributed by atoms with Crippen LogP contribution in [0.3, 0.4) is 0 Å². The van der Waals surface area contributed by atoms with E-state index in [4.69, 9.17) is 9.47 Å². The number of piperidine rings is 2. The first kappa shape index (κ1) is 19.1. The summed E-state index contributed by atoms with van der Waals surface area (Å²) in [6, 6.07) is -0.0358. The highest BCUT2D eigenvalue weighted by molar-refractivity contribution is 7.89. The zero-order chi connectivity index (χ0) is 17.9. The first-order valence-electron chi connectivity index (χ1n) is 9.54. The Bertz CT molecular complexity index is 561. The van der Waals surface area contributed by atoms with E-state index >= 15 is 0 Å². The van der Waals surface area contributed by atoms with Crippen molar-refractivity contribution in [2.45, 2.75) is 57.8 Å². The molecule has 3 heterocycles. The second-order valence-electron chi connectivity index (χ2n) is 7.22. The van der Waals surface area contributed by atoms with Crippen molar-refractivity contribution in [2.75, 3.05) is 38.6 Å². The van der Waals surface area contributed by atoms with Gasteiger partial charge in [0.15, 0.2) is 6.29 Å². The highest BCUT2D eigenvalue weighted by atomic mass is 32.2. The molecule has 7 nitrogen and oxygen atoms in total. The Morgan fingerprint density at radius 1 is 1.08 bits per heavy atom. The van der Waals surface area contributed by atoms with Crippen LogP contribution in [0.4, 0.5) is 0 Å². The molecule has 2 unspecified atom stereocenters. The zero-order valence-electron chi connectivity index (χ0n) is 15.1. The minimum Gasteiger partial charge on any atom is -0.348 e. The van der Waals surface area contributed by atoms with Crippen molar-refractivity contribution in [2.24, 2.45) is 5.92 Å². The number of hydrogen-bond acceptors (Lipinski definition) is 5. The van der Waals surface area contributed by atoms with E-state index < -0.39 is 10.0 Å². The molecule has 3 aliphatic heterocycles. The monoisotopic (exact) mass is 374 g/mol. The van der Waals surface area contributed by atoms with Gasteiger partial charge < -0.3 is 14.4 Å². The molecule has 0 spiro atoms. The third-order valence-corrected chi connectivity index (χ3v) is 7.43. The molecule has 3 rings (SSSR count). The van der Waals surface area contributed by atoms with Crippen LogP contribution in [0, 0.1) is 5.92 Å². The summed E-state index contributed by atoms with van der Waals surface area (Å²) in [6.07, 6.45) is 4.72. The van der Waals surface area contributed by atoms with E-state index in [0.29, 0.717) is 39.3 Å². The van der Waals surface area contributed by atoms with Gasteiger partial charge in [0.05, 0.1) is 30.9 Å². The number of sulfonamides is 1. The van der Waals surface area contributed by atoms with Crippen LogP contribution in [0.2, 0.25) is 0 Å². The molecule has 0 N–H and O–H groups in total. The fourth-order valence-electron chi connectivity index (χ4n) is 4.13. The van der Waals surface area contributed by atoms with Gasteiger partial charge >= 0.3 is 0 Å². The van der Waals surface area contributed by atoms with E-state index in [1.807, 2.05) is 11.8 Å². The summed E-state index contributed by atoms with van der Waals surface area (Å²) >= 11 is 0. The van der Waals surface area contributed by atoms with Crippen LogP contribution in [0.25, 0.3) is 0 Å². The first-order valence-corrected chi connectivity index (χ1v) is 11.2. The van der Waals surface area contributed by atoms with Crippen LogP contribution >= 0.6 is 0 Å². The van der Waals surface area contributed by atoms with E-state index in [1.165, 1.54) is 4.31 Å². The highest BCUT2D eigenvalue weighted by Gasteiger charge is 2.40. The predicted molar refractivity (Wildman–Crippen MR) is 93.4 cm³/mol. The summed E-state index contributed by atoms with van der Waals surface area (Å²) in [5, 5.41) is 0. The van der Waals surface area contributed by atoms with Gasteiger partial charge in [-0.15, -0.1) is 0 Å². The Morgan fingerprint density at radius 2 is 1.84 bits per heavy atom. The predicted octanol–water partition coefficient (Wildman–Crippen LogP) is 1.19. The molecule has 0 radical (unpaired) electrons. The van der Waals surface area contributed by atoms with E-state index in [-0.39, 0.29) is 29.9 Å². The molecule has 1 amide bonds. The van der Waals surface area contributed by atoms with Crippen molar-refractivity contribution in [3.8, 4) is 0 Å². The fourth-order valence-corrected chi connectivity index (χ4v) is 5.72. The third-order valence-electron chi connectivity index (χ3n) is 5.38. The Morgan fingerprint density at radius 3 is 2.56 bits per heavy atom. The third kappa shape index (κ3) is 4.35. The van der Waals surface area contributed by atoms with Crippen LogP contribution in [-0.4, -0.2) is 74.5 Å². The van der Waals surface area contributed by atoms with Crippen LogP contribution in [0.5, 0.6) is 0 Å². The number of nitrogens with zero attached hydrogens (tertiary/aromatic N) is 2. The lowest BCUT2D eigenvalue weighted by atomic mass is 9.94. The molecule has 0 aromatic heterocycles. The fraction of sp³-hybridized carbons (Fsp3) is 0.941. The average Bonchev–Trinajstić information content (AvgIpc) is 3.16. The van der Waals surface area contributed by atoms with Gasteiger partial charge in [0.2, 0.25) is 15.9 Å². The lowest BCUT2D eigenvalue weighted by molar-refractivity contribution is -0.155. The molecule has 144 valence electrons. The first-order chi connectivity index (χ1) is 12.0. The van der Waals surface area contributed by atoms with Crippen molar-refractivity contribution in [1.82, 2.24) is 9.21 Å². The zero-order valence-corrected chi connectivity index (χ0v) is 15.9. The summed E-state index contributed by atoms with van der Waals surface area (Å²) in [7, 11) is -3.25. The highest BCUT2D eigenvalue weighted by Crippen LogP contribution is 2.29. The van der Waals surface area contributed by atoms with E-state index in [2.05, 4.69) is 0 Å². The number of rotatable bonds is 5. The Kier molecular flexibility index (Phi) is 6.35. The molecule has 0 aromatic carbocycles. The van der Waals surface area contributed by atoms with Gasteiger partial charge in [0, 0.05) is 19.6 Å². The van der Waals surface area contributed by atoms with Gasteiger partial charge in [-0.2, -0.15) is 0 Å². The molecule has 3 saturated heterocycles. The maximum atomic E-state index is 13.1. The molecule has 2 atom stereocenters. The quantitative estimate of drug-likeness (QED) is 0.723. The van der Waals surface area contributed by atoms with Gasteiger partial charge in [-0.1, -0.05) is 6.92 Å². The molecule has 3 aliphatic rings. The van der Waals surface area contributed by atoms with E-state index in [1.54, 1.807) is 0 Å². The van der Waals surface area contributed by atoms with E-state index in [0.717, 1.165) is 32.1 Å². The van der Waals surface area contributed by atoms with Crippen molar-refractivity contribution < 1.29 is 22.7 Å². The van der Waals surface area contributed by atoms with Gasteiger partial charge in [-0.3, -0.25) is 4.79 Å². The van der Waals surface area contributed by atoms with Gasteiger partial charge in [-0.05, 0) is 38.5 Å². The Hall–Kier alpha value is -0.700. The molecular weight excluding hydrogens is 344 g/mol.